The minimum Gasteiger partial charge on any atom is -0.484 e. The number of ether oxygens (including phenoxy) is 1. The van der Waals surface area contributed by atoms with Crippen molar-refractivity contribution in [1.82, 2.24) is 5.32 Å². The van der Waals surface area contributed by atoms with Gasteiger partial charge in [-0.25, -0.2) is 0 Å². The number of anilines is 1. The van der Waals surface area contributed by atoms with Gasteiger partial charge in [0.2, 0.25) is 5.91 Å². The third kappa shape index (κ3) is 3.98. The van der Waals surface area contributed by atoms with Crippen LogP contribution in [0.5, 0.6) is 5.75 Å². The molecule has 2 amide bonds. The first-order valence-corrected chi connectivity index (χ1v) is 9.36. The van der Waals surface area contributed by atoms with Crippen molar-refractivity contribution in [3.05, 3.63) is 72.3 Å². The number of hydrogen-bond donors (Lipinski definition) is 1. The quantitative estimate of drug-likeness (QED) is 0.744. The van der Waals surface area contributed by atoms with Crippen LogP contribution < -0.4 is 15.0 Å². The maximum absolute atomic E-state index is 12.3. The third-order valence-corrected chi connectivity index (χ3v) is 4.93. The fourth-order valence-electron chi connectivity index (χ4n) is 3.45. The van der Waals surface area contributed by atoms with Crippen molar-refractivity contribution >= 4 is 28.3 Å². The summed E-state index contributed by atoms with van der Waals surface area (Å²) >= 11 is 0. The molecule has 1 fully saturated rings. The molecule has 0 saturated carbocycles. The molecule has 0 aliphatic carbocycles. The summed E-state index contributed by atoms with van der Waals surface area (Å²) in [6.45, 7) is 2.41. The average Bonchev–Trinajstić information content (AvgIpc) is 3.06. The maximum atomic E-state index is 12.3. The van der Waals surface area contributed by atoms with E-state index in [1.807, 2.05) is 73.7 Å². The molecule has 142 valence electrons. The number of fused-ring (bicyclic) bond motifs is 1. The molecule has 1 aliphatic heterocycles. The number of aryl methyl sites for hydroxylation is 1. The van der Waals surface area contributed by atoms with Crippen LogP contribution in [0.2, 0.25) is 0 Å². The second-order valence-electron chi connectivity index (χ2n) is 7.11. The van der Waals surface area contributed by atoms with E-state index in [4.69, 9.17) is 4.74 Å². The molecule has 1 N–H and O–H groups in total. The molecular formula is C23H22N2O3. The van der Waals surface area contributed by atoms with Gasteiger partial charge in [-0.1, -0.05) is 48.0 Å². The van der Waals surface area contributed by atoms with Gasteiger partial charge in [0.15, 0.2) is 6.61 Å². The second-order valence-corrected chi connectivity index (χ2v) is 7.11. The van der Waals surface area contributed by atoms with Crippen LogP contribution >= 0.6 is 0 Å². The molecular weight excluding hydrogens is 352 g/mol. The Morgan fingerprint density at radius 2 is 1.82 bits per heavy atom. The van der Waals surface area contributed by atoms with Gasteiger partial charge >= 0.3 is 0 Å². The Morgan fingerprint density at radius 3 is 2.61 bits per heavy atom. The number of rotatable bonds is 5. The van der Waals surface area contributed by atoms with E-state index in [0.29, 0.717) is 18.7 Å². The number of amides is 2. The molecule has 1 heterocycles. The Kier molecular flexibility index (Phi) is 4.98. The molecule has 3 aromatic rings. The Morgan fingerprint density at radius 1 is 1.07 bits per heavy atom. The number of nitrogens with one attached hydrogen (secondary N) is 1. The first kappa shape index (κ1) is 18.0. The molecule has 5 heteroatoms. The Labute approximate surface area is 163 Å². The van der Waals surface area contributed by atoms with E-state index < -0.39 is 0 Å². The van der Waals surface area contributed by atoms with Crippen LogP contribution in [0.25, 0.3) is 10.8 Å². The van der Waals surface area contributed by atoms with Crippen molar-refractivity contribution in [2.24, 2.45) is 0 Å². The predicted octanol–water partition coefficient (Wildman–Crippen LogP) is 3.45. The van der Waals surface area contributed by atoms with Crippen molar-refractivity contribution in [1.29, 1.82) is 0 Å². The number of hydrogen-bond acceptors (Lipinski definition) is 3. The highest BCUT2D eigenvalue weighted by atomic mass is 16.5. The van der Waals surface area contributed by atoms with E-state index in [0.717, 1.165) is 22.0 Å². The van der Waals surface area contributed by atoms with Crippen molar-refractivity contribution in [3.63, 3.8) is 0 Å². The molecule has 4 rings (SSSR count). The molecule has 1 aliphatic rings. The number of carbonyl (C=O) groups is 2. The highest BCUT2D eigenvalue weighted by molar-refractivity contribution is 5.97. The minimum atomic E-state index is -0.225. The van der Waals surface area contributed by atoms with E-state index >= 15 is 0 Å². The summed E-state index contributed by atoms with van der Waals surface area (Å²) in [5, 5.41) is 5.09. The third-order valence-electron chi connectivity index (χ3n) is 4.93. The fraction of sp³-hybridized carbons (Fsp3) is 0.217. The largest absolute Gasteiger partial charge is 0.484 e. The first-order chi connectivity index (χ1) is 13.6. The van der Waals surface area contributed by atoms with Crippen LogP contribution in [0.4, 0.5) is 5.69 Å². The molecule has 1 atom stereocenters. The van der Waals surface area contributed by atoms with Gasteiger partial charge in [0.25, 0.3) is 5.91 Å². The van der Waals surface area contributed by atoms with Crippen LogP contribution in [0.3, 0.4) is 0 Å². The van der Waals surface area contributed by atoms with Crippen molar-refractivity contribution in [2.45, 2.75) is 19.4 Å². The van der Waals surface area contributed by atoms with Gasteiger partial charge in [-0.3, -0.25) is 9.59 Å². The maximum Gasteiger partial charge on any atom is 0.258 e. The molecule has 28 heavy (non-hydrogen) atoms. The summed E-state index contributed by atoms with van der Waals surface area (Å²) in [5.41, 5.74) is 2.01. The van der Waals surface area contributed by atoms with Gasteiger partial charge in [0.1, 0.15) is 5.75 Å². The molecule has 0 spiro atoms. The predicted molar refractivity (Wildman–Crippen MR) is 110 cm³/mol. The molecule has 0 bridgehead atoms. The summed E-state index contributed by atoms with van der Waals surface area (Å²) in [4.78, 5) is 26.3. The van der Waals surface area contributed by atoms with Gasteiger partial charge in [-0.05, 0) is 42.0 Å². The summed E-state index contributed by atoms with van der Waals surface area (Å²) in [6, 6.07) is 21.3. The van der Waals surface area contributed by atoms with Crippen molar-refractivity contribution in [3.8, 4) is 5.75 Å². The van der Waals surface area contributed by atoms with Gasteiger partial charge < -0.3 is 15.0 Å². The molecule has 5 nitrogen and oxygen atoms in total. The van der Waals surface area contributed by atoms with Crippen LogP contribution in [-0.4, -0.2) is 31.0 Å². The monoisotopic (exact) mass is 374 g/mol. The van der Waals surface area contributed by atoms with Gasteiger partial charge in [-0.2, -0.15) is 0 Å². The number of nitrogens with zero attached hydrogens (tertiary/aromatic N) is 1. The summed E-state index contributed by atoms with van der Waals surface area (Å²) < 4.78 is 5.63. The lowest BCUT2D eigenvalue weighted by Gasteiger charge is -2.17. The molecule has 1 saturated heterocycles. The van der Waals surface area contributed by atoms with Gasteiger partial charge in [0.05, 0.1) is 6.04 Å². The minimum absolute atomic E-state index is 0.0181. The second kappa shape index (κ2) is 7.72. The van der Waals surface area contributed by atoms with Gasteiger partial charge in [-0.15, -0.1) is 0 Å². The summed E-state index contributed by atoms with van der Waals surface area (Å²) in [5.74, 6) is 0.443. The summed E-state index contributed by atoms with van der Waals surface area (Å²) in [6.07, 6.45) is 0.301. The van der Waals surface area contributed by atoms with E-state index in [1.165, 1.54) is 0 Å². The molecule has 0 radical (unpaired) electrons. The Balaban J connectivity index is 1.32. The van der Waals surface area contributed by atoms with Crippen molar-refractivity contribution in [2.75, 3.05) is 18.1 Å². The average molecular weight is 374 g/mol. The molecule has 0 aromatic heterocycles. The van der Waals surface area contributed by atoms with E-state index in [-0.39, 0.29) is 24.5 Å². The lowest BCUT2D eigenvalue weighted by Crippen LogP contribution is -2.39. The van der Waals surface area contributed by atoms with Gasteiger partial charge in [0, 0.05) is 18.7 Å². The first-order valence-electron chi connectivity index (χ1n) is 9.36. The normalized spacial score (nSPS) is 16.4. The van der Waals surface area contributed by atoms with Crippen LogP contribution in [0, 0.1) is 6.92 Å². The molecule has 0 unspecified atom stereocenters. The lowest BCUT2D eigenvalue weighted by atomic mass is 10.1. The Bertz CT molecular complexity index is 1010. The highest BCUT2D eigenvalue weighted by Gasteiger charge is 2.31. The fourth-order valence-corrected chi connectivity index (χ4v) is 3.45. The van der Waals surface area contributed by atoms with Crippen molar-refractivity contribution < 1.29 is 14.3 Å². The highest BCUT2D eigenvalue weighted by Crippen LogP contribution is 2.22. The van der Waals surface area contributed by atoms with Crippen LogP contribution in [0.15, 0.2) is 66.7 Å². The van der Waals surface area contributed by atoms with E-state index in [1.54, 1.807) is 4.90 Å². The van der Waals surface area contributed by atoms with Crippen LogP contribution in [0.1, 0.15) is 12.0 Å². The number of carbonyl (C=O) groups excluding carboxylic acids is 2. The number of benzene rings is 3. The Hall–Kier alpha value is -3.34. The molecule has 3 aromatic carbocycles. The zero-order valence-electron chi connectivity index (χ0n) is 15.7. The SMILES string of the molecule is Cc1ccc(N2C[C@H](NC(=O)COc3ccc4ccccc4c3)CC2=O)cc1. The standard InChI is InChI=1S/C23H22N2O3/c1-16-6-9-20(10-7-16)25-14-19(13-23(25)27)24-22(26)15-28-21-11-8-17-4-2-3-5-18(17)12-21/h2-12,19H,13-15H2,1H3,(H,24,26)/t19-/m1/s1. The zero-order valence-corrected chi connectivity index (χ0v) is 15.7. The van der Waals surface area contributed by atoms with Crippen LogP contribution in [-0.2, 0) is 9.59 Å². The topological polar surface area (TPSA) is 58.6 Å². The van der Waals surface area contributed by atoms with E-state index in [9.17, 15) is 9.59 Å². The smallest absolute Gasteiger partial charge is 0.258 e. The van der Waals surface area contributed by atoms with E-state index in [2.05, 4.69) is 5.32 Å². The zero-order chi connectivity index (χ0) is 19.5. The summed E-state index contributed by atoms with van der Waals surface area (Å²) in [7, 11) is 0. The lowest BCUT2D eigenvalue weighted by molar-refractivity contribution is -0.123.